The van der Waals surface area contributed by atoms with Gasteiger partial charge >= 0.3 is 5.69 Å². The van der Waals surface area contributed by atoms with Crippen molar-refractivity contribution < 1.29 is 23.4 Å². The first-order valence-corrected chi connectivity index (χ1v) is 12.4. The number of aliphatic hydroxyl groups is 1. The molecule has 2 aromatic carbocycles. The number of benzene rings is 2. The molecule has 0 saturated heterocycles. The number of nitrogens with zero attached hydrogens (tertiary/aromatic N) is 4. The molecule has 11 nitrogen and oxygen atoms in total. The van der Waals surface area contributed by atoms with E-state index >= 15 is 4.39 Å². The Bertz CT molecular complexity index is 1890. The highest BCUT2D eigenvalue weighted by Gasteiger charge is 2.20. The molecule has 42 heavy (non-hydrogen) atoms. The fraction of sp³-hybridized carbons (Fsp3) is 0.179. The van der Waals surface area contributed by atoms with Crippen LogP contribution in [0.4, 0.5) is 14.6 Å². The minimum atomic E-state index is -0.869. The number of nitrogens with one attached hydrogen (secondary N) is 2. The van der Waals surface area contributed by atoms with E-state index in [-0.39, 0.29) is 59.8 Å². The van der Waals surface area contributed by atoms with E-state index in [1.807, 2.05) is 0 Å². The molecule has 0 radical (unpaired) electrons. The van der Waals surface area contributed by atoms with E-state index in [0.717, 1.165) is 33.5 Å². The van der Waals surface area contributed by atoms with Gasteiger partial charge in [-0.3, -0.25) is 14.7 Å². The summed E-state index contributed by atoms with van der Waals surface area (Å²) in [6.07, 6.45) is 2.26. The summed E-state index contributed by atoms with van der Waals surface area (Å²) in [6, 6.07) is 9.89. The van der Waals surface area contributed by atoms with Crippen molar-refractivity contribution in [3.63, 3.8) is 0 Å². The SMILES string of the molecule is C[C@H](CO)Nc1n[nH]c2nccc(Oc3ccc(CC(=O)c4cn(C)c(=O)n(-c5ccc(F)cc5)c4=O)cc3F)c12.Cl. The lowest BCUT2D eigenvalue weighted by Gasteiger charge is -2.13. The molecule has 0 spiro atoms. The first-order valence-electron chi connectivity index (χ1n) is 12.4. The average molecular weight is 599 g/mol. The number of aromatic nitrogens is 5. The van der Waals surface area contributed by atoms with Crippen molar-refractivity contribution >= 4 is 35.0 Å². The highest BCUT2D eigenvalue weighted by atomic mass is 35.5. The van der Waals surface area contributed by atoms with Gasteiger partial charge < -0.3 is 19.7 Å². The standard InChI is InChI=1S/C28H24F2N6O5.ClH/c1-15(14-37)32-26-24-23(9-10-31-25(24)33-34-26)41-22-8-3-16(11-20(22)30)12-21(38)19-13-35(2)28(40)36(27(19)39)18-6-4-17(29)5-7-18;/h3-11,13,15,37H,12,14H2,1-2H3,(H2,31,32,33,34);1H/t15-;/m1./s1. The predicted octanol–water partition coefficient (Wildman–Crippen LogP) is 3.52. The van der Waals surface area contributed by atoms with Crippen LogP contribution < -0.4 is 21.3 Å². The van der Waals surface area contributed by atoms with Gasteiger partial charge in [-0.15, -0.1) is 12.4 Å². The maximum atomic E-state index is 15.1. The molecular formula is C28H25ClF2N6O5. The number of ketones is 1. The van der Waals surface area contributed by atoms with E-state index in [0.29, 0.717) is 16.9 Å². The third-order valence-electron chi connectivity index (χ3n) is 6.30. The Hall–Kier alpha value is -4.88. The maximum absolute atomic E-state index is 15.1. The van der Waals surface area contributed by atoms with Crippen LogP contribution in [0.15, 0.2) is 70.5 Å². The molecule has 0 bridgehead atoms. The summed E-state index contributed by atoms with van der Waals surface area (Å²) in [5.41, 5.74) is -1.10. The number of carbonyl (C=O) groups excluding carboxylic acids is 1. The molecule has 1 atom stereocenters. The number of aryl methyl sites for hydroxylation is 1. The summed E-state index contributed by atoms with van der Waals surface area (Å²) >= 11 is 0. The van der Waals surface area contributed by atoms with Crippen molar-refractivity contribution in [2.24, 2.45) is 7.05 Å². The molecule has 0 fully saturated rings. The number of aromatic amines is 1. The highest BCUT2D eigenvalue weighted by molar-refractivity contribution is 5.97. The van der Waals surface area contributed by atoms with E-state index in [2.05, 4.69) is 20.5 Å². The Balaban J connectivity index is 0.00000405. The Labute approximate surface area is 242 Å². The minimum Gasteiger partial charge on any atom is -0.453 e. The number of pyridine rings is 1. The van der Waals surface area contributed by atoms with Gasteiger partial charge in [0.15, 0.2) is 28.8 Å². The lowest BCUT2D eigenvalue weighted by molar-refractivity contribution is 0.0990. The van der Waals surface area contributed by atoms with Crippen LogP contribution in [0, 0.1) is 11.6 Å². The molecule has 0 aliphatic heterocycles. The molecule has 0 aliphatic rings. The van der Waals surface area contributed by atoms with Crippen molar-refractivity contribution in [2.75, 3.05) is 11.9 Å². The summed E-state index contributed by atoms with van der Waals surface area (Å²) < 4.78 is 36.2. The summed E-state index contributed by atoms with van der Waals surface area (Å²) in [5, 5.41) is 19.7. The molecule has 14 heteroatoms. The lowest BCUT2D eigenvalue weighted by Crippen LogP contribution is -2.40. The number of H-pyrrole nitrogens is 1. The molecule has 0 unspecified atom stereocenters. The number of fused-ring (bicyclic) bond motifs is 1. The summed E-state index contributed by atoms with van der Waals surface area (Å²) in [6.45, 7) is 1.61. The Morgan fingerprint density at radius 2 is 1.86 bits per heavy atom. The Morgan fingerprint density at radius 1 is 1.12 bits per heavy atom. The Kier molecular flexibility index (Phi) is 8.83. The lowest BCUT2D eigenvalue weighted by atomic mass is 10.0. The predicted molar refractivity (Wildman–Crippen MR) is 153 cm³/mol. The maximum Gasteiger partial charge on any atom is 0.335 e. The molecular weight excluding hydrogens is 574 g/mol. The number of halogens is 3. The number of ether oxygens (including phenoxy) is 1. The third-order valence-corrected chi connectivity index (χ3v) is 6.30. The van der Waals surface area contributed by atoms with Crippen LogP contribution in [0.5, 0.6) is 11.5 Å². The number of carbonyl (C=O) groups is 1. The van der Waals surface area contributed by atoms with E-state index in [1.165, 1.54) is 43.6 Å². The second kappa shape index (κ2) is 12.3. The van der Waals surface area contributed by atoms with Gasteiger partial charge in [0, 0.05) is 38.0 Å². The molecule has 0 aliphatic carbocycles. The molecule has 3 heterocycles. The van der Waals surface area contributed by atoms with Crippen LogP contribution in [0.3, 0.4) is 0 Å². The minimum absolute atomic E-state index is 0. The fourth-order valence-electron chi connectivity index (χ4n) is 4.21. The zero-order valence-electron chi connectivity index (χ0n) is 22.3. The molecule has 0 amide bonds. The number of aliphatic hydroxyl groups excluding tert-OH is 1. The Morgan fingerprint density at radius 3 is 2.55 bits per heavy atom. The number of hydrogen-bond acceptors (Lipinski definition) is 8. The normalized spacial score (nSPS) is 11.6. The van der Waals surface area contributed by atoms with E-state index < -0.39 is 28.7 Å². The van der Waals surface area contributed by atoms with Crippen molar-refractivity contribution in [2.45, 2.75) is 19.4 Å². The smallest absolute Gasteiger partial charge is 0.335 e. The van der Waals surface area contributed by atoms with Crippen LogP contribution in [0.1, 0.15) is 22.8 Å². The number of rotatable bonds is 9. The van der Waals surface area contributed by atoms with Crippen molar-refractivity contribution in [3.05, 3.63) is 105 Å². The summed E-state index contributed by atoms with van der Waals surface area (Å²) in [5.74, 6) is -1.45. The molecule has 218 valence electrons. The zero-order valence-corrected chi connectivity index (χ0v) is 23.1. The number of anilines is 1. The van der Waals surface area contributed by atoms with Crippen molar-refractivity contribution in [1.82, 2.24) is 24.3 Å². The third kappa shape index (κ3) is 5.92. The number of hydrogen-bond donors (Lipinski definition) is 3. The van der Waals surface area contributed by atoms with Crippen LogP contribution in [0.25, 0.3) is 16.7 Å². The second-order valence-corrected chi connectivity index (χ2v) is 9.35. The van der Waals surface area contributed by atoms with Gasteiger partial charge in [0.25, 0.3) is 5.56 Å². The van der Waals surface area contributed by atoms with Gasteiger partial charge in [-0.25, -0.2) is 23.1 Å². The van der Waals surface area contributed by atoms with E-state index in [1.54, 1.807) is 6.92 Å². The first-order chi connectivity index (χ1) is 19.7. The van der Waals surface area contributed by atoms with E-state index in [4.69, 9.17) is 4.74 Å². The summed E-state index contributed by atoms with van der Waals surface area (Å²) in [7, 11) is 1.38. The van der Waals surface area contributed by atoms with Crippen LogP contribution in [-0.4, -0.2) is 47.9 Å². The van der Waals surface area contributed by atoms with Crippen LogP contribution in [-0.2, 0) is 13.5 Å². The largest absolute Gasteiger partial charge is 0.453 e. The molecule has 3 aromatic heterocycles. The molecule has 5 aromatic rings. The van der Waals surface area contributed by atoms with Gasteiger partial charge in [-0.1, -0.05) is 6.07 Å². The van der Waals surface area contributed by atoms with Crippen LogP contribution in [0.2, 0.25) is 0 Å². The fourth-order valence-corrected chi connectivity index (χ4v) is 4.21. The monoisotopic (exact) mass is 598 g/mol. The van der Waals surface area contributed by atoms with Gasteiger partial charge in [0.1, 0.15) is 22.5 Å². The molecule has 0 saturated carbocycles. The zero-order chi connectivity index (χ0) is 29.3. The first kappa shape index (κ1) is 30.1. The average Bonchev–Trinajstić information content (AvgIpc) is 3.36. The quantitative estimate of drug-likeness (QED) is 0.219. The van der Waals surface area contributed by atoms with Gasteiger partial charge in [-0.05, 0) is 48.9 Å². The van der Waals surface area contributed by atoms with Gasteiger partial charge in [0.05, 0.1) is 12.3 Å². The van der Waals surface area contributed by atoms with Gasteiger partial charge in [-0.2, -0.15) is 5.10 Å². The van der Waals surface area contributed by atoms with Crippen molar-refractivity contribution in [1.29, 1.82) is 0 Å². The molecule has 3 N–H and O–H groups in total. The van der Waals surface area contributed by atoms with Crippen LogP contribution >= 0.6 is 12.4 Å². The number of Topliss-reactive ketones (excluding diaryl/α,β-unsaturated/α-hetero) is 1. The van der Waals surface area contributed by atoms with E-state index in [9.17, 15) is 23.9 Å². The highest BCUT2D eigenvalue weighted by Crippen LogP contribution is 2.34. The van der Waals surface area contributed by atoms with Gasteiger partial charge in [0.2, 0.25) is 0 Å². The summed E-state index contributed by atoms with van der Waals surface area (Å²) in [4.78, 5) is 43.0. The topological polar surface area (TPSA) is 144 Å². The molecule has 5 rings (SSSR count). The second-order valence-electron chi connectivity index (χ2n) is 9.35. The van der Waals surface area contributed by atoms with Crippen molar-refractivity contribution in [3.8, 4) is 17.2 Å².